The number of phosphoric ester groups is 1. The van der Waals surface area contributed by atoms with Gasteiger partial charge in [0.2, 0.25) is 0 Å². The lowest BCUT2D eigenvalue weighted by atomic mass is 10.1. The normalized spacial score (nSPS) is 26.1. The second-order valence-electron chi connectivity index (χ2n) is 7.87. The molecule has 1 aromatic carbocycles. The number of phosphoric acid groups is 1. The number of hydrogen-bond acceptors (Lipinski definition) is 9. The molecule has 13 heteroatoms. The summed E-state index contributed by atoms with van der Waals surface area (Å²) in [5.74, 6) is 1.06. The number of H-pyrrole nitrogens is 1. The smallest absolute Gasteiger partial charge is 0.496 e. The first-order chi connectivity index (χ1) is 16.3. The first kappa shape index (κ1) is 24.5. The average molecular weight is 499 g/mol. The van der Waals surface area contributed by atoms with Gasteiger partial charge in [-0.2, -0.15) is 0 Å². The summed E-state index contributed by atoms with van der Waals surface area (Å²) in [6.07, 6.45) is -1.19. The summed E-state index contributed by atoms with van der Waals surface area (Å²) < 4.78 is 61.1. The van der Waals surface area contributed by atoms with Crippen molar-refractivity contribution < 1.29 is 36.7 Å². The molecular formula is C21H26FN2O9P. The molecule has 1 fully saturated rings. The van der Waals surface area contributed by atoms with E-state index in [-0.39, 0.29) is 18.8 Å². The second kappa shape index (κ2) is 9.91. The molecule has 0 saturated carbocycles. The fourth-order valence-corrected chi connectivity index (χ4v) is 5.04. The number of aromatic amines is 1. The van der Waals surface area contributed by atoms with Gasteiger partial charge in [-0.15, -0.1) is 0 Å². The largest absolute Gasteiger partial charge is 0.530 e. The molecule has 4 rings (SSSR count). The maximum Gasteiger partial charge on any atom is 0.530 e. The SMILES string of the molecule is CCCc1cn([C@H]2C[C@@H](F)[C@@H](COP3(=O)OCc4c(OC)cc(O[11CH3])cc4O3)O2)c(=O)[nH]c1=O. The van der Waals surface area contributed by atoms with Crippen LogP contribution in [0, 0.1) is 0 Å². The number of ether oxygens (including phenoxy) is 3. The highest BCUT2D eigenvalue weighted by atomic mass is 31.2. The predicted molar refractivity (Wildman–Crippen MR) is 117 cm³/mol. The van der Waals surface area contributed by atoms with Crippen molar-refractivity contribution in [1.82, 2.24) is 9.55 Å². The van der Waals surface area contributed by atoms with Gasteiger partial charge in [0.15, 0.2) is 0 Å². The Morgan fingerprint density at radius 2 is 2.06 bits per heavy atom. The number of benzene rings is 1. The Labute approximate surface area is 194 Å². The molecule has 1 aromatic heterocycles. The van der Waals surface area contributed by atoms with Crippen molar-refractivity contribution in [3.63, 3.8) is 0 Å². The lowest BCUT2D eigenvalue weighted by Crippen LogP contribution is -2.34. The number of nitrogens with zero attached hydrogens (tertiary/aromatic N) is 1. The van der Waals surface area contributed by atoms with Crippen LogP contribution in [-0.4, -0.2) is 42.7 Å². The number of fused-ring (bicyclic) bond motifs is 1. The molecule has 0 radical (unpaired) electrons. The van der Waals surface area contributed by atoms with Crippen LogP contribution in [0.4, 0.5) is 4.39 Å². The van der Waals surface area contributed by atoms with Crippen LogP contribution in [0.15, 0.2) is 27.9 Å². The number of aryl methyl sites for hydroxylation is 1. The quantitative estimate of drug-likeness (QED) is 0.546. The molecule has 0 aliphatic carbocycles. The maximum absolute atomic E-state index is 14.7. The number of alkyl halides is 1. The van der Waals surface area contributed by atoms with E-state index in [1.54, 1.807) is 6.07 Å². The second-order valence-corrected chi connectivity index (χ2v) is 9.46. The summed E-state index contributed by atoms with van der Waals surface area (Å²) >= 11 is 0. The van der Waals surface area contributed by atoms with Crippen LogP contribution in [0.1, 0.15) is 37.1 Å². The van der Waals surface area contributed by atoms with Crippen molar-refractivity contribution in [1.29, 1.82) is 0 Å². The lowest BCUT2D eigenvalue weighted by Gasteiger charge is -2.27. The average Bonchev–Trinajstić information content (AvgIpc) is 3.18. The molecule has 2 aliphatic heterocycles. The predicted octanol–water partition coefficient (Wildman–Crippen LogP) is 2.87. The Morgan fingerprint density at radius 1 is 1.26 bits per heavy atom. The number of rotatable bonds is 8. The van der Waals surface area contributed by atoms with Crippen molar-refractivity contribution in [2.75, 3.05) is 20.8 Å². The number of methoxy groups -OCH3 is 2. The summed E-state index contributed by atoms with van der Waals surface area (Å²) in [5, 5.41) is 0. The van der Waals surface area contributed by atoms with Crippen molar-refractivity contribution in [2.45, 2.75) is 51.3 Å². The Hall–Kier alpha value is -2.66. The molecule has 0 spiro atoms. The highest BCUT2D eigenvalue weighted by Gasteiger charge is 2.42. The van der Waals surface area contributed by atoms with Crippen molar-refractivity contribution in [3.8, 4) is 17.2 Å². The summed E-state index contributed by atoms with van der Waals surface area (Å²) in [6.45, 7) is 1.35. The van der Waals surface area contributed by atoms with E-state index in [9.17, 15) is 18.5 Å². The fourth-order valence-electron chi connectivity index (χ4n) is 3.84. The van der Waals surface area contributed by atoms with Crippen LogP contribution in [0.25, 0.3) is 0 Å². The zero-order valence-corrected chi connectivity index (χ0v) is 19.8. The van der Waals surface area contributed by atoms with Crippen LogP contribution in [0.5, 0.6) is 17.2 Å². The van der Waals surface area contributed by atoms with Gasteiger partial charge in [-0.05, 0) is 6.42 Å². The van der Waals surface area contributed by atoms with E-state index in [2.05, 4.69) is 4.98 Å². The highest BCUT2D eigenvalue weighted by Crippen LogP contribution is 2.57. The van der Waals surface area contributed by atoms with Gasteiger partial charge in [0, 0.05) is 30.3 Å². The fraction of sp³-hybridized carbons (Fsp3) is 0.524. The summed E-state index contributed by atoms with van der Waals surface area (Å²) in [7, 11) is -1.15. The summed E-state index contributed by atoms with van der Waals surface area (Å²) in [4.78, 5) is 26.4. The number of hydrogen-bond donors (Lipinski definition) is 1. The molecule has 2 aliphatic rings. The molecule has 34 heavy (non-hydrogen) atoms. The van der Waals surface area contributed by atoms with Crippen molar-refractivity contribution in [3.05, 3.63) is 50.3 Å². The monoisotopic (exact) mass is 499 g/mol. The van der Waals surface area contributed by atoms with Crippen molar-refractivity contribution in [2.24, 2.45) is 0 Å². The summed E-state index contributed by atoms with van der Waals surface area (Å²) in [6, 6.07) is 3.15. The Morgan fingerprint density at radius 3 is 2.76 bits per heavy atom. The standard InChI is InChI=1S/C21H26FN2O9P/c1-4-5-12-9-24(21(26)23-20(12)25)19-8-15(22)18(32-19)11-31-34(27)30-10-14-16(29-3)6-13(28-2)7-17(14)33-34/h6-7,9,15,18-19H,4-5,8,10-11H2,1-3H3,(H,23,25,26)/t15-,18-,19-,34?/m1/s1/i2-1. The van der Waals surface area contributed by atoms with Gasteiger partial charge in [0.25, 0.3) is 5.56 Å². The topological polar surface area (TPSA) is 127 Å². The molecule has 4 atom stereocenters. The Bertz CT molecular complexity index is 1210. The highest BCUT2D eigenvalue weighted by molar-refractivity contribution is 7.49. The Kier molecular flexibility index (Phi) is 7.13. The molecular weight excluding hydrogens is 473 g/mol. The maximum atomic E-state index is 14.7. The van der Waals surface area contributed by atoms with Gasteiger partial charge in [0.05, 0.1) is 33.0 Å². The van der Waals surface area contributed by atoms with Crippen LogP contribution < -0.4 is 25.2 Å². The van der Waals surface area contributed by atoms with Crippen LogP contribution in [-0.2, 0) is 31.4 Å². The number of halogens is 1. The molecule has 11 nitrogen and oxygen atoms in total. The molecule has 1 saturated heterocycles. The van der Waals surface area contributed by atoms with Crippen LogP contribution in [0.3, 0.4) is 0 Å². The van der Waals surface area contributed by atoms with Gasteiger partial charge in [0.1, 0.15) is 35.8 Å². The zero-order valence-electron chi connectivity index (χ0n) is 18.9. The minimum atomic E-state index is -4.08. The van der Waals surface area contributed by atoms with E-state index in [0.29, 0.717) is 35.5 Å². The van der Waals surface area contributed by atoms with Gasteiger partial charge in [-0.3, -0.25) is 23.4 Å². The van der Waals surface area contributed by atoms with E-state index in [4.69, 9.17) is 27.8 Å². The molecule has 0 amide bonds. The number of aromatic nitrogens is 2. The van der Waals surface area contributed by atoms with Crippen LogP contribution in [0.2, 0.25) is 0 Å². The van der Waals surface area contributed by atoms with Gasteiger partial charge in [-0.25, -0.2) is 13.8 Å². The molecule has 186 valence electrons. The molecule has 2 aromatic rings. The third-order valence-electron chi connectivity index (χ3n) is 5.60. The first-order valence-corrected chi connectivity index (χ1v) is 12.2. The van der Waals surface area contributed by atoms with Gasteiger partial charge >= 0.3 is 13.5 Å². The van der Waals surface area contributed by atoms with E-state index < -0.39 is 44.2 Å². The minimum Gasteiger partial charge on any atom is -0.496 e. The van der Waals surface area contributed by atoms with E-state index >= 15 is 0 Å². The van der Waals surface area contributed by atoms with Crippen LogP contribution >= 0.6 is 7.82 Å². The summed E-state index contributed by atoms with van der Waals surface area (Å²) in [5.41, 5.74) is -0.246. The molecule has 3 heterocycles. The van der Waals surface area contributed by atoms with Gasteiger partial charge in [-0.1, -0.05) is 13.3 Å². The lowest BCUT2D eigenvalue weighted by molar-refractivity contribution is -0.0371. The third kappa shape index (κ3) is 4.90. The third-order valence-corrected chi connectivity index (χ3v) is 6.94. The number of nitrogens with one attached hydrogen (secondary N) is 1. The zero-order chi connectivity index (χ0) is 24.5. The van der Waals surface area contributed by atoms with E-state index in [1.807, 2.05) is 6.92 Å². The minimum absolute atomic E-state index is 0.111. The molecule has 1 unspecified atom stereocenters. The van der Waals surface area contributed by atoms with E-state index in [1.165, 1.54) is 26.5 Å². The van der Waals surface area contributed by atoms with Crippen molar-refractivity contribution >= 4 is 7.82 Å². The molecule has 1 N–H and O–H groups in total. The Balaban J connectivity index is 1.45. The molecule has 0 bridgehead atoms. The van der Waals surface area contributed by atoms with E-state index in [0.717, 1.165) is 4.57 Å². The van der Waals surface area contributed by atoms with Gasteiger partial charge < -0.3 is 18.7 Å². The first-order valence-electron chi connectivity index (χ1n) is 10.7.